The van der Waals surface area contributed by atoms with Crippen molar-refractivity contribution in [1.29, 1.82) is 5.53 Å². The van der Waals surface area contributed by atoms with E-state index in [4.69, 9.17) is 19.9 Å². The van der Waals surface area contributed by atoms with Gasteiger partial charge in [0.25, 0.3) is 0 Å². The Balaban J connectivity index is -0.000000192. The van der Waals surface area contributed by atoms with Crippen LogP contribution < -0.4 is 5.32 Å². The van der Waals surface area contributed by atoms with Gasteiger partial charge in [0.15, 0.2) is 0 Å². The number of aromatic amines is 1. The molecular weight excluding hydrogens is 805 g/mol. The molecule has 4 aromatic heterocycles. The summed E-state index contributed by atoms with van der Waals surface area (Å²) < 4.78 is 7.35. The van der Waals surface area contributed by atoms with Gasteiger partial charge in [0.2, 0.25) is 5.95 Å². The van der Waals surface area contributed by atoms with Gasteiger partial charge in [0.1, 0.15) is 11.0 Å². The first-order valence-corrected chi connectivity index (χ1v) is 18.2. The van der Waals surface area contributed by atoms with Gasteiger partial charge in [-0.2, -0.15) is 10.6 Å². The lowest BCUT2D eigenvalue weighted by Gasteiger charge is -2.08. The van der Waals surface area contributed by atoms with E-state index < -0.39 is 0 Å². The summed E-state index contributed by atoms with van der Waals surface area (Å²) in [5.41, 5.74) is 16.0. The van der Waals surface area contributed by atoms with Crippen molar-refractivity contribution in [3.05, 3.63) is 70.0 Å². The fraction of sp³-hybridized carbons (Fsp3) is 0.167. The van der Waals surface area contributed by atoms with Crippen molar-refractivity contribution in [3.8, 4) is 153 Å². The predicted octanol–water partition coefficient (Wildman–Crippen LogP) is 9.57. The van der Waals surface area contributed by atoms with E-state index in [-0.39, 0.29) is 12.8 Å². The second-order valence-electron chi connectivity index (χ2n) is 11.6. The molecule has 0 atom stereocenters. The first kappa shape index (κ1) is 48.0. The summed E-state index contributed by atoms with van der Waals surface area (Å²) in [5, 5.41) is 27.1. The van der Waals surface area contributed by atoms with Gasteiger partial charge in [-0.1, -0.05) is 23.1 Å². The Labute approximate surface area is 383 Å². The van der Waals surface area contributed by atoms with Crippen molar-refractivity contribution in [2.75, 3.05) is 5.32 Å². The van der Waals surface area contributed by atoms with E-state index in [1.54, 1.807) is 20.0 Å². The van der Waals surface area contributed by atoms with Crippen LogP contribution in [0.1, 0.15) is 55.1 Å². The number of hydrogen-bond acceptors (Lipinski definition) is 8. The molecule has 16 heteroatoms. The Bertz CT molecular complexity index is 3220. The van der Waals surface area contributed by atoms with Crippen molar-refractivity contribution >= 4 is 17.0 Å². The largest absolute Gasteiger partial charge is 0.361 e. The zero-order chi connectivity index (χ0) is 46.2. The van der Waals surface area contributed by atoms with Gasteiger partial charge in [-0.15, -0.1) is 4.91 Å². The summed E-state index contributed by atoms with van der Waals surface area (Å²) in [5.74, 6) is 57.1. The van der Waals surface area contributed by atoms with E-state index in [2.05, 4.69) is 201 Å². The minimum absolute atomic E-state index is 0. The van der Waals surface area contributed by atoms with Crippen LogP contribution in [-0.4, -0.2) is 29.9 Å². The minimum atomic E-state index is 0. The Hall–Kier alpha value is -10.4. The molecular formula is C48H50N14O2. The smallest absolute Gasteiger partial charge is 0.201 e. The van der Waals surface area contributed by atoms with E-state index in [1.165, 1.54) is 0 Å². The van der Waals surface area contributed by atoms with Crippen LogP contribution in [0.15, 0.2) is 72.6 Å². The van der Waals surface area contributed by atoms with E-state index in [1.807, 2.05) is 56.1 Å². The van der Waals surface area contributed by atoms with Gasteiger partial charge in [0.05, 0.1) is 22.4 Å². The van der Waals surface area contributed by atoms with Gasteiger partial charge in [-0.25, -0.2) is 4.98 Å². The highest BCUT2D eigenvalue weighted by molar-refractivity contribution is 5.98. The molecule has 0 unspecified atom stereocenters. The highest BCUT2D eigenvalue weighted by Gasteiger charge is 2.21. The molecule has 0 fully saturated rings. The third-order valence-corrected chi connectivity index (χ3v) is 7.51. The molecule has 0 aliphatic rings. The maximum Gasteiger partial charge on any atom is 0.201 e. The Morgan fingerprint density at radius 1 is 0.750 bits per heavy atom. The number of aryl methyl sites for hydroxylation is 4. The summed E-state index contributed by atoms with van der Waals surface area (Å²) in [6.07, 6.45) is 3.62. The molecule has 4 heterocycles. The Kier molecular flexibility index (Phi) is 21.1. The molecule has 0 bridgehead atoms. The Morgan fingerprint density at radius 3 is 1.73 bits per heavy atom. The van der Waals surface area contributed by atoms with Crippen LogP contribution >= 0.6 is 0 Å². The first-order chi connectivity index (χ1) is 31.2. The molecule has 324 valence electrons. The number of benzene rings is 1. The highest BCUT2D eigenvalue weighted by Crippen LogP contribution is 2.38. The molecule has 0 radical (unpaired) electrons. The van der Waals surface area contributed by atoms with Crippen LogP contribution in [0.3, 0.4) is 0 Å². The topological polar surface area (TPSA) is 213 Å². The molecule has 64 heavy (non-hydrogen) atoms. The maximum atomic E-state index is 9.08. The maximum absolute atomic E-state index is 9.08. The summed E-state index contributed by atoms with van der Waals surface area (Å²) in [7, 11) is 1.96. The van der Waals surface area contributed by atoms with Crippen molar-refractivity contribution in [1.82, 2.24) is 29.9 Å². The van der Waals surface area contributed by atoms with Crippen molar-refractivity contribution in [2.24, 2.45) is 38.4 Å². The Morgan fingerprint density at radius 2 is 1.30 bits per heavy atom. The summed E-state index contributed by atoms with van der Waals surface area (Å²) >= 11 is 0. The number of rotatable bonds is 8. The quantitative estimate of drug-likeness (QED) is 0.0594. The molecule has 0 aliphatic carbocycles. The molecule has 1 aromatic carbocycles. The SMILES string of the molecule is CC#CC#CC#CC#CC#CC#CC#CC#CC#CC#CC#CC.Cc1noc(C)c1-c1cc(-c2c(C)nn(C)c2C)c2nc(NCc3cccnc3)[nH]c2c1.N=N/N=N/N=N/N=O.[HH].[HH].[HH].[HH].[HH].[HH].[HH].[HH].[HH]. The van der Waals surface area contributed by atoms with Crippen LogP contribution in [0, 0.1) is 168 Å². The van der Waals surface area contributed by atoms with E-state index >= 15 is 0 Å². The number of pyridine rings is 1. The number of nitrogens with zero attached hydrogens (tertiary/aromatic N) is 11. The average Bonchev–Trinajstić information content (AvgIpc) is 3.96. The number of hydrogen-bond donors (Lipinski definition) is 3. The third kappa shape index (κ3) is 16.5. The molecule has 16 nitrogen and oxygen atoms in total. The summed E-state index contributed by atoms with van der Waals surface area (Å²) in [4.78, 5) is 21.6. The zero-order valence-electron chi connectivity index (χ0n) is 35.4. The summed E-state index contributed by atoms with van der Waals surface area (Å²) in [6, 6.07) is 8.23. The lowest BCUT2D eigenvalue weighted by Crippen LogP contribution is -2.00. The van der Waals surface area contributed by atoms with E-state index in [0.717, 1.165) is 61.7 Å². The number of anilines is 1. The average molecular weight is 855 g/mol. The monoisotopic (exact) mass is 854 g/mol. The number of nitrogens with one attached hydrogen (secondary N) is 3. The van der Waals surface area contributed by atoms with Gasteiger partial charge in [-0.05, 0) is 181 Å². The predicted molar refractivity (Wildman–Crippen MR) is 261 cm³/mol. The molecule has 0 amide bonds. The van der Waals surface area contributed by atoms with Crippen LogP contribution in [-0.2, 0) is 13.6 Å². The van der Waals surface area contributed by atoms with Crippen LogP contribution in [0.4, 0.5) is 5.95 Å². The van der Waals surface area contributed by atoms with Gasteiger partial charge >= 0.3 is 0 Å². The van der Waals surface area contributed by atoms with Gasteiger partial charge < -0.3 is 14.8 Å². The lowest BCUT2D eigenvalue weighted by atomic mass is 9.95. The number of nitroso groups, excluding NO2 is 1. The van der Waals surface area contributed by atoms with Crippen molar-refractivity contribution < 1.29 is 17.4 Å². The van der Waals surface area contributed by atoms with Gasteiger partial charge in [0, 0.05) is 95.3 Å². The summed E-state index contributed by atoms with van der Waals surface area (Å²) in [6.45, 7) is 12.0. The van der Waals surface area contributed by atoms with Crippen LogP contribution in [0.2, 0.25) is 0 Å². The number of aromatic nitrogens is 6. The highest BCUT2D eigenvalue weighted by atomic mass is 16.5. The molecule has 5 aromatic rings. The van der Waals surface area contributed by atoms with Crippen LogP contribution in [0.25, 0.3) is 33.3 Å². The first-order valence-electron chi connectivity index (χ1n) is 18.2. The number of fused-ring (bicyclic) bond motifs is 1. The molecule has 0 aliphatic heterocycles. The van der Waals surface area contributed by atoms with Crippen molar-refractivity contribution in [3.63, 3.8) is 0 Å². The number of H-pyrrole nitrogens is 1. The lowest BCUT2D eigenvalue weighted by molar-refractivity contribution is 0.393. The minimum Gasteiger partial charge on any atom is -0.361 e. The van der Waals surface area contributed by atoms with E-state index in [9.17, 15) is 0 Å². The molecule has 5 rings (SSSR count). The fourth-order valence-electron chi connectivity index (χ4n) is 5.04. The third-order valence-electron chi connectivity index (χ3n) is 7.51. The number of imidazole rings is 1. The normalized spacial score (nSPS) is 8.48. The van der Waals surface area contributed by atoms with Crippen LogP contribution in [0.5, 0.6) is 0 Å². The molecule has 0 saturated carbocycles. The molecule has 0 spiro atoms. The zero-order valence-corrected chi connectivity index (χ0v) is 35.4. The van der Waals surface area contributed by atoms with E-state index in [0.29, 0.717) is 12.5 Å². The van der Waals surface area contributed by atoms with Gasteiger partial charge in [-0.3, -0.25) is 9.67 Å². The molecule has 3 N–H and O–H groups in total. The van der Waals surface area contributed by atoms with Crippen molar-refractivity contribution in [2.45, 2.75) is 48.1 Å². The second-order valence-corrected chi connectivity index (χ2v) is 11.6. The second kappa shape index (κ2) is 28.1. The standard InChI is InChI=1S/C24H25N7O.C24H6.HN7O.9H2/c1-13-21(15(3)31(5)29-13)19-9-18(22-14(2)30-32-16(22)4)10-20-23(19)28-24(27-20)26-12-17-7-6-8-25-11-17;1-3-5-7-9-11-13-15-17-19-21-23-24-22-20-18-16-14-12-10-8-6-4-2;1-2-3-4-5-6-7-8;;;;;;;;;/h6-11H,12H2,1-5H3,(H2,26,27,28);1-2H3;1H;9*1H/b;;2-1?,4-3+,6-5+;;;;;;;;;. The molecule has 0 saturated heterocycles. The fourth-order valence-corrected chi connectivity index (χ4v) is 5.04.